The van der Waals surface area contributed by atoms with Crippen LogP contribution in [-0.2, 0) is 14.3 Å². The number of ether oxygens (including phenoxy) is 1. The molecule has 0 bridgehead atoms. The van der Waals surface area contributed by atoms with Gasteiger partial charge in [-0.15, -0.1) is 0 Å². The lowest BCUT2D eigenvalue weighted by atomic mass is 9.98. The molecule has 0 saturated heterocycles. The molecule has 1 aliphatic rings. The second-order valence-electron chi connectivity index (χ2n) is 9.04. The van der Waals surface area contributed by atoms with Gasteiger partial charge in [-0.3, -0.25) is 9.59 Å². The van der Waals surface area contributed by atoms with Gasteiger partial charge in [0.05, 0.1) is 5.92 Å². The lowest BCUT2D eigenvalue weighted by molar-refractivity contribution is -0.137. The molecule has 1 unspecified atom stereocenters. The van der Waals surface area contributed by atoms with Crippen LogP contribution in [0.5, 0.6) is 0 Å². The molecule has 1 aliphatic carbocycles. The third-order valence-corrected chi connectivity index (χ3v) is 6.46. The van der Waals surface area contributed by atoms with Crippen LogP contribution in [0.15, 0.2) is 48.5 Å². The maximum atomic E-state index is 12.6. The zero-order chi connectivity index (χ0) is 25.0. The lowest BCUT2D eigenvalue weighted by Gasteiger charge is -2.18. The van der Waals surface area contributed by atoms with Crippen molar-refractivity contribution in [3.63, 3.8) is 0 Å². The predicted molar refractivity (Wildman–Crippen MR) is 135 cm³/mol. The molecule has 7 heteroatoms. The minimum absolute atomic E-state index is 0.00149. The molecule has 7 nitrogen and oxygen atoms in total. The normalized spacial score (nSPS) is 12.9. The zero-order valence-corrected chi connectivity index (χ0v) is 20.4. The van der Waals surface area contributed by atoms with E-state index >= 15 is 0 Å². The van der Waals surface area contributed by atoms with Gasteiger partial charge in [-0.1, -0.05) is 74.7 Å². The van der Waals surface area contributed by atoms with Crippen LogP contribution in [0.25, 0.3) is 11.1 Å². The first-order chi connectivity index (χ1) is 17.0. The van der Waals surface area contributed by atoms with Crippen LogP contribution in [0.2, 0.25) is 0 Å². The molecule has 2 aromatic carbocycles. The van der Waals surface area contributed by atoms with Gasteiger partial charge in [-0.2, -0.15) is 0 Å². The van der Waals surface area contributed by atoms with Gasteiger partial charge in [0.15, 0.2) is 0 Å². The smallest absolute Gasteiger partial charge is 0.407 e. The summed E-state index contributed by atoms with van der Waals surface area (Å²) in [7, 11) is 0. The Morgan fingerprint density at radius 1 is 0.914 bits per heavy atom. The third kappa shape index (κ3) is 7.57. The number of carboxylic acid groups (broad SMARTS) is 1. The van der Waals surface area contributed by atoms with Crippen LogP contribution in [0.3, 0.4) is 0 Å². The highest BCUT2D eigenvalue weighted by Crippen LogP contribution is 2.44. The molecular formula is C28H36N2O5. The van der Waals surface area contributed by atoms with Crippen LogP contribution in [0.1, 0.15) is 68.9 Å². The molecule has 35 heavy (non-hydrogen) atoms. The van der Waals surface area contributed by atoms with Crippen molar-refractivity contribution < 1.29 is 24.2 Å². The number of carbonyl (C=O) groups is 3. The number of rotatable bonds is 14. The number of carbonyl (C=O) groups excluding carboxylic acids is 2. The molecule has 2 aromatic rings. The standard InChI is InChI=1S/C28H36N2O5/c1-2-11-20(27(33)29-17-10-4-3-5-16-26(31)32)18-30-28(34)35-19-25-23-14-8-6-12-21(23)22-13-7-9-15-24(22)25/h6-9,12-15,20,25H,2-5,10-11,16-19H2,1H3,(H,29,33)(H,30,34)(H,31,32). The van der Waals surface area contributed by atoms with Gasteiger partial charge in [0.1, 0.15) is 6.61 Å². The van der Waals surface area contributed by atoms with Crippen molar-refractivity contribution in [3.8, 4) is 11.1 Å². The Bertz CT molecular complexity index is 961. The summed E-state index contributed by atoms with van der Waals surface area (Å²) in [6.45, 7) is 3.04. The fraction of sp³-hybridized carbons (Fsp3) is 0.464. The number of aliphatic carboxylic acids is 1. The molecule has 3 rings (SSSR count). The summed E-state index contributed by atoms with van der Waals surface area (Å²) >= 11 is 0. The van der Waals surface area contributed by atoms with E-state index in [1.165, 1.54) is 11.1 Å². The van der Waals surface area contributed by atoms with Crippen molar-refractivity contribution in [2.75, 3.05) is 19.7 Å². The lowest BCUT2D eigenvalue weighted by Crippen LogP contribution is -2.39. The highest BCUT2D eigenvalue weighted by Gasteiger charge is 2.29. The van der Waals surface area contributed by atoms with Crippen molar-refractivity contribution in [2.45, 2.75) is 57.8 Å². The molecule has 0 fully saturated rings. The van der Waals surface area contributed by atoms with Crippen LogP contribution >= 0.6 is 0 Å². The second kappa shape index (κ2) is 13.5. The van der Waals surface area contributed by atoms with Crippen molar-refractivity contribution >= 4 is 18.0 Å². The van der Waals surface area contributed by atoms with E-state index in [0.717, 1.165) is 36.8 Å². The molecular weight excluding hydrogens is 444 g/mol. The van der Waals surface area contributed by atoms with E-state index in [2.05, 4.69) is 34.9 Å². The quantitative estimate of drug-likeness (QED) is 0.327. The molecule has 188 valence electrons. The average molecular weight is 481 g/mol. The Hall–Kier alpha value is -3.35. The van der Waals surface area contributed by atoms with E-state index in [4.69, 9.17) is 9.84 Å². The van der Waals surface area contributed by atoms with Gasteiger partial charge < -0.3 is 20.5 Å². The number of hydrogen-bond donors (Lipinski definition) is 3. The SMILES string of the molecule is CCCC(CNC(=O)OCC1c2ccccc2-c2ccccc21)C(=O)NCCCCCCC(=O)O. The fourth-order valence-electron chi connectivity index (χ4n) is 4.64. The van der Waals surface area contributed by atoms with E-state index in [1.807, 2.05) is 31.2 Å². The summed E-state index contributed by atoms with van der Waals surface area (Å²) in [5, 5.41) is 14.4. The molecule has 0 heterocycles. The van der Waals surface area contributed by atoms with Gasteiger partial charge in [0.25, 0.3) is 0 Å². The van der Waals surface area contributed by atoms with Crippen molar-refractivity contribution in [1.29, 1.82) is 0 Å². The van der Waals surface area contributed by atoms with E-state index in [1.54, 1.807) is 0 Å². The van der Waals surface area contributed by atoms with Crippen molar-refractivity contribution in [3.05, 3.63) is 59.7 Å². The summed E-state index contributed by atoms with van der Waals surface area (Å²) in [4.78, 5) is 35.6. The molecule has 0 radical (unpaired) electrons. The van der Waals surface area contributed by atoms with Gasteiger partial charge in [0.2, 0.25) is 5.91 Å². The van der Waals surface area contributed by atoms with E-state index < -0.39 is 12.1 Å². The number of unbranched alkanes of at least 4 members (excludes halogenated alkanes) is 3. The zero-order valence-electron chi connectivity index (χ0n) is 20.4. The summed E-state index contributed by atoms with van der Waals surface area (Å²) in [6, 6.07) is 16.4. The monoisotopic (exact) mass is 480 g/mol. The highest BCUT2D eigenvalue weighted by molar-refractivity contribution is 5.80. The van der Waals surface area contributed by atoms with Gasteiger partial charge in [0, 0.05) is 25.4 Å². The van der Waals surface area contributed by atoms with Crippen LogP contribution in [0.4, 0.5) is 4.79 Å². The third-order valence-electron chi connectivity index (χ3n) is 6.46. The van der Waals surface area contributed by atoms with Crippen molar-refractivity contribution in [1.82, 2.24) is 10.6 Å². The van der Waals surface area contributed by atoms with E-state index in [-0.39, 0.29) is 37.3 Å². The number of hydrogen-bond acceptors (Lipinski definition) is 4. The van der Waals surface area contributed by atoms with Crippen molar-refractivity contribution in [2.24, 2.45) is 5.92 Å². The first kappa shape index (κ1) is 26.3. The topological polar surface area (TPSA) is 105 Å². The van der Waals surface area contributed by atoms with Gasteiger partial charge >= 0.3 is 12.1 Å². The number of carboxylic acids is 1. The largest absolute Gasteiger partial charge is 0.481 e. The number of alkyl carbamates (subject to hydrolysis) is 1. The molecule has 0 saturated carbocycles. The first-order valence-corrected chi connectivity index (χ1v) is 12.6. The maximum absolute atomic E-state index is 12.6. The van der Waals surface area contributed by atoms with Crippen LogP contribution < -0.4 is 10.6 Å². The van der Waals surface area contributed by atoms with E-state index in [0.29, 0.717) is 19.4 Å². The Kier molecular flexibility index (Phi) is 10.1. The number of fused-ring (bicyclic) bond motifs is 3. The number of amides is 2. The average Bonchev–Trinajstić information content (AvgIpc) is 3.18. The van der Waals surface area contributed by atoms with Gasteiger partial charge in [-0.05, 0) is 41.5 Å². The first-order valence-electron chi connectivity index (χ1n) is 12.6. The molecule has 0 spiro atoms. The predicted octanol–water partition coefficient (Wildman–Crippen LogP) is 5.09. The number of nitrogens with one attached hydrogen (secondary N) is 2. The molecule has 3 N–H and O–H groups in total. The summed E-state index contributed by atoms with van der Waals surface area (Å²) in [5.41, 5.74) is 4.68. The molecule has 0 aromatic heterocycles. The summed E-state index contributed by atoms with van der Waals surface area (Å²) in [6.07, 6.45) is 4.36. The van der Waals surface area contributed by atoms with Crippen LogP contribution in [0, 0.1) is 5.92 Å². The van der Waals surface area contributed by atoms with E-state index in [9.17, 15) is 14.4 Å². The highest BCUT2D eigenvalue weighted by atomic mass is 16.5. The second-order valence-corrected chi connectivity index (χ2v) is 9.04. The minimum atomic E-state index is -0.774. The Labute approximate surface area is 207 Å². The number of benzene rings is 2. The van der Waals surface area contributed by atoms with Gasteiger partial charge in [-0.25, -0.2) is 4.79 Å². The molecule has 2 amide bonds. The molecule has 0 aliphatic heterocycles. The Morgan fingerprint density at radius 2 is 1.54 bits per heavy atom. The minimum Gasteiger partial charge on any atom is -0.481 e. The Balaban J connectivity index is 1.42. The summed E-state index contributed by atoms with van der Waals surface area (Å²) < 4.78 is 5.58. The maximum Gasteiger partial charge on any atom is 0.407 e. The summed E-state index contributed by atoms with van der Waals surface area (Å²) in [5.74, 6) is -1.16. The fourth-order valence-corrected chi connectivity index (χ4v) is 4.64. The molecule has 1 atom stereocenters. The Morgan fingerprint density at radius 3 is 2.17 bits per heavy atom. The van der Waals surface area contributed by atoms with Crippen LogP contribution in [-0.4, -0.2) is 42.8 Å².